The molecule has 0 saturated heterocycles. The molecule has 0 aromatic heterocycles. The summed E-state index contributed by atoms with van der Waals surface area (Å²) in [5, 5.41) is 20.6. The zero-order valence-electron chi connectivity index (χ0n) is 14.0. The number of nitrogens with one attached hydrogen (secondary N) is 1. The molecule has 0 heterocycles. The minimum atomic E-state index is -0.293. The Balaban J connectivity index is 3.06. The van der Waals surface area contributed by atoms with Crippen LogP contribution in [-0.2, 0) is 23.7 Å². The predicted molar refractivity (Wildman–Crippen MR) is 84.5 cm³/mol. The maximum absolute atomic E-state index is 10.7. The van der Waals surface area contributed by atoms with E-state index in [4.69, 9.17) is 29.2 Å². The van der Waals surface area contributed by atoms with Crippen LogP contribution < -0.4 is 5.32 Å². The first kappa shape index (κ1) is 22.4. The molecule has 0 unspecified atom stereocenters. The number of rotatable bonds is 18. The number of ether oxygens (including phenoxy) is 4. The highest BCUT2D eigenvalue weighted by Crippen LogP contribution is 1.86. The number of carbonyl (C=O) groups excluding carboxylic acids is 1. The van der Waals surface area contributed by atoms with Crippen LogP contribution >= 0.6 is 0 Å². The lowest BCUT2D eigenvalue weighted by atomic mass is 10.3. The fraction of sp³-hybridized carbons (Fsp3) is 0.933. The largest absolute Gasteiger partial charge is 0.395 e. The SMILES string of the molecule is CC(=O)CCOCCOCCOCCOCCNC(CO)CO. The highest BCUT2D eigenvalue weighted by atomic mass is 16.6. The van der Waals surface area contributed by atoms with Gasteiger partial charge in [-0.2, -0.15) is 0 Å². The standard InChI is InChI=1S/C15H31NO7/c1-14(19)2-4-20-6-8-22-10-11-23-9-7-21-5-3-16-15(12-17)13-18/h15-18H,2-13H2,1H3. The third kappa shape index (κ3) is 17.6. The van der Waals surface area contributed by atoms with E-state index in [-0.39, 0.29) is 25.0 Å². The molecule has 0 spiro atoms. The van der Waals surface area contributed by atoms with Crippen LogP contribution in [0.1, 0.15) is 13.3 Å². The Kier molecular flexibility index (Phi) is 17.3. The van der Waals surface area contributed by atoms with Gasteiger partial charge in [-0.3, -0.25) is 4.79 Å². The van der Waals surface area contributed by atoms with Gasteiger partial charge < -0.3 is 34.5 Å². The first-order chi connectivity index (χ1) is 11.2. The van der Waals surface area contributed by atoms with Gasteiger partial charge in [0.2, 0.25) is 0 Å². The Morgan fingerprint density at radius 3 is 1.70 bits per heavy atom. The molecular formula is C15H31NO7. The summed E-state index contributed by atoms with van der Waals surface area (Å²) in [6.45, 7) is 5.78. The Morgan fingerprint density at radius 2 is 1.26 bits per heavy atom. The second kappa shape index (κ2) is 17.7. The Hall–Kier alpha value is -0.610. The van der Waals surface area contributed by atoms with Crippen molar-refractivity contribution < 1.29 is 34.0 Å². The fourth-order valence-electron chi connectivity index (χ4n) is 1.50. The molecule has 23 heavy (non-hydrogen) atoms. The van der Waals surface area contributed by atoms with E-state index in [1.165, 1.54) is 0 Å². The number of Topliss-reactive ketones (excluding diaryl/α,β-unsaturated/α-hetero) is 1. The van der Waals surface area contributed by atoms with Crippen LogP contribution in [0.4, 0.5) is 0 Å². The molecule has 138 valence electrons. The van der Waals surface area contributed by atoms with E-state index >= 15 is 0 Å². The maximum Gasteiger partial charge on any atom is 0.132 e. The molecule has 8 nitrogen and oxygen atoms in total. The third-order valence-corrected chi connectivity index (χ3v) is 2.83. The smallest absolute Gasteiger partial charge is 0.132 e. The van der Waals surface area contributed by atoms with Crippen molar-refractivity contribution in [1.82, 2.24) is 5.32 Å². The summed E-state index contributed by atoms with van der Waals surface area (Å²) < 4.78 is 21.2. The van der Waals surface area contributed by atoms with Crippen LogP contribution in [0.5, 0.6) is 0 Å². The topological polar surface area (TPSA) is 106 Å². The summed E-state index contributed by atoms with van der Waals surface area (Å²) in [5.41, 5.74) is 0. The van der Waals surface area contributed by atoms with Gasteiger partial charge >= 0.3 is 0 Å². The van der Waals surface area contributed by atoms with E-state index in [9.17, 15) is 4.79 Å². The molecule has 0 aromatic carbocycles. The van der Waals surface area contributed by atoms with Crippen LogP contribution in [0.15, 0.2) is 0 Å². The first-order valence-electron chi connectivity index (χ1n) is 7.96. The normalized spacial score (nSPS) is 11.3. The van der Waals surface area contributed by atoms with Crippen LogP contribution in [0.2, 0.25) is 0 Å². The van der Waals surface area contributed by atoms with Gasteiger partial charge in [-0.25, -0.2) is 0 Å². The number of ketones is 1. The molecule has 0 atom stereocenters. The number of hydrogen-bond acceptors (Lipinski definition) is 8. The van der Waals surface area contributed by atoms with Gasteiger partial charge in [0.15, 0.2) is 0 Å². The number of aliphatic hydroxyl groups is 2. The Morgan fingerprint density at radius 1 is 0.826 bits per heavy atom. The molecule has 0 amide bonds. The second-order valence-electron chi connectivity index (χ2n) is 4.92. The lowest BCUT2D eigenvalue weighted by molar-refractivity contribution is -0.118. The summed E-state index contributed by atoms with van der Waals surface area (Å²) in [6, 6.07) is -0.293. The van der Waals surface area contributed by atoms with Crippen molar-refractivity contribution in [1.29, 1.82) is 0 Å². The van der Waals surface area contributed by atoms with Crippen molar-refractivity contribution in [3.63, 3.8) is 0 Å². The average Bonchev–Trinajstić information content (AvgIpc) is 2.54. The van der Waals surface area contributed by atoms with E-state index in [0.717, 1.165) is 0 Å². The molecule has 0 rings (SSSR count). The van der Waals surface area contributed by atoms with Gasteiger partial charge in [-0.05, 0) is 6.92 Å². The van der Waals surface area contributed by atoms with E-state index in [0.29, 0.717) is 65.8 Å². The zero-order valence-corrected chi connectivity index (χ0v) is 14.0. The van der Waals surface area contributed by atoms with Crippen molar-refractivity contribution in [2.75, 3.05) is 72.6 Å². The fourth-order valence-corrected chi connectivity index (χ4v) is 1.50. The van der Waals surface area contributed by atoms with Gasteiger partial charge in [0.1, 0.15) is 5.78 Å². The summed E-state index contributed by atoms with van der Waals surface area (Å²) in [7, 11) is 0. The van der Waals surface area contributed by atoms with Crippen LogP contribution in [0, 0.1) is 0 Å². The second-order valence-corrected chi connectivity index (χ2v) is 4.92. The highest BCUT2D eigenvalue weighted by molar-refractivity contribution is 5.75. The lowest BCUT2D eigenvalue weighted by Crippen LogP contribution is -2.37. The number of hydrogen-bond donors (Lipinski definition) is 3. The Labute approximate surface area is 138 Å². The Bertz CT molecular complexity index is 262. The van der Waals surface area contributed by atoms with Gasteiger partial charge in [0.25, 0.3) is 0 Å². The van der Waals surface area contributed by atoms with Crippen molar-refractivity contribution in [2.24, 2.45) is 0 Å². The average molecular weight is 337 g/mol. The van der Waals surface area contributed by atoms with Crippen LogP contribution in [0.3, 0.4) is 0 Å². The van der Waals surface area contributed by atoms with Crippen molar-refractivity contribution in [2.45, 2.75) is 19.4 Å². The molecule has 0 aliphatic carbocycles. The van der Waals surface area contributed by atoms with Gasteiger partial charge in [0.05, 0.1) is 72.1 Å². The van der Waals surface area contributed by atoms with E-state index < -0.39 is 0 Å². The summed E-state index contributed by atoms with van der Waals surface area (Å²) in [4.78, 5) is 10.7. The van der Waals surface area contributed by atoms with Crippen LogP contribution in [0.25, 0.3) is 0 Å². The summed E-state index contributed by atoms with van der Waals surface area (Å²) >= 11 is 0. The third-order valence-electron chi connectivity index (χ3n) is 2.83. The molecule has 0 bridgehead atoms. The minimum absolute atomic E-state index is 0.0959. The van der Waals surface area contributed by atoms with Gasteiger partial charge in [0, 0.05) is 13.0 Å². The molecule has 8 heteroatoms. The molecule has 0 aliphatic heterocycles. The molecule has 0 saturated carbocycles. The maximum atomic E-state index is 10.7. The monoisotopic (exact) mass is 337 g/mol. The predicted octanol–water partition coefficient (Wildman–Crippen LogP) is -1.03. The molecule has 0 aromatic rings. The molecular weight excluding hydrogens is 306 g/mol. The van der Waals surface area contributed by atoms with Gasteiger partial charge in [-0.1, -0.05) is 0 Å². The molecule has 0 radical (unpaired) electrons. The van der Waals surface area contributed by atoms with Crippen molar-refractivity contribution in [3.05, 3.63) is 0 Å². The summed E-state index contributed by atoms with van der Waals surface area (Å²) in [6.07, 6.45) is 0.444. The van der Waals surface area contributed by atoms with Crippen molar-refractivity contribution in [3.8, 4) is 0 Å². The lowest BCUT2D eigenvalue weighted by Gasteiger charge is -2.13. The van der Waals surface area contributed by atoms with E-state index in [1.54, 1.807) is 6.92 Å². The summed E-state index contributed by atoms with van der Waals surface area (Å²) in [5.74, 6) is 0.124. The van der Waals surface area contributed by atoms with E-state index in [1.807, 2.05) is 0 Å². The van der Waals surface area contributed by atoms with Crippen LogP contribution in [-0.4, -0.2) is 94.7 Å². The first-order valence-corrected chi connectivity index (χ1v) is 7.96. The van der Waals surface area contributed by atoms with E-state index in [2.05, 4.69) is 5.32 Å². The number of aliphatic hydroxyl groups excluding tert-OH is 2. The zero-order chi connectivity index (χ0) is 17.2. The molecule has 3 N–H and O–H groups in total. The molecule has 0 fully saturated rings. The van der Waals surface area contributed by atoms with Gasteiger partial charge in [-0.15, -0.1) is 0 Å². The number of carbonyl (C=O) groups is 1. The minimum Gasteiger partial charge on any atom is -0.395 e. The molecule has 0 aliphatic rings. The van der Waals surface area contributed by atoms with Crippen molar-refractivity contribution >= 4 is 5.78 Å². The quantitative estimate of drug-likeness (QED) is 0.273. The highest BCUT2D eigenvalue weighted by Gasteiger charge is 2.02.